The lowest BCUT2D eigenvalue weighted by Gasteiger charge is -2.23. The van der Waals surface area contributed by atoms with Gasteiger partial charge in [0.15, 0.2) is 0 Å². The van der Waals surface area contributed by atoms with Crippen LogP contribution >= 0.6 is 11.6 Å². The first-order chi connectivity index (χ1) is 17.9. The molecule has 4 rings (SSSR count). The third-order valence-electron chi connectivity index (χ3n) is 5.95. The summed E-state index contributed by atoms with van der Waals surface area (Å²) in [6.07, 6.45) is 3.53. The first-order valence-electron chi connectivity index (χ1n) is 11.9. The van der Waals surface area contributed by atoms with Gasteiger partial charge in [-0.1, -0.05) is 35.9 Å². The third-order valence-corrected chi connectivity index (χ3v) is 6.26. The molecule has 37 heavy (non-hydrogen) atoms. The highest BCUT2D eigenvalue weighted by atomic mass is 35.5. The van der Waals surface area contributed by atoms with Gasteiger partial charge in [-0.2, -0.15) is 0 Å². The lowest BCUT2D eigenvalue weighted by molar-refractivity contribution is 0.0950. The zero-order valence-corrected chi connectivity index (χ0v) is 21.4. The second-order valence-corrected chi connectivity index (χ2v) is 8.69. The van der Waals surface area contributed by atoms with Crippen LogP contribution < -0.4 is 20.5 Å². The van der Waals surface area contributed by atoms with Crippen LogP contribution in [-0.4, -0.2) is 41.1 Å². The SMILES string of the molecule is CCN(C(=O)c1c(OCCCNC(=O)c2cccnc2)c2c(Cl)cccc2n(C)c1=O)c1ccccc1. The van der Waals surface area contributed by atoms with Gasteiger partial charge in [0, 0.05) is 38.2 Å². The van der Waals surface area contributed by atoms with Crippen molar-refractivity contribution in [2.75, 3.05) is 24.6 Å². The fraction of sp³-hybridized carbons (Fsp3) is 0.214. The zero-order valence-electron chi connectivity index (χ0n) is 20.6. The molecular weight excluding hydrogens is 492 g/mol. The van der Waals surface area contributed by atoms with Crippen LogP contribution in [0.1, 0.15) is 34.1 Å². The average molecular weight is 519 g/mol. The van der Waals surface area contributed by atoms with Gasteiger partial charge in [0.2, 0.25) is 0 Å². The molecule has 0 spiro atoms. The predicted octanol–water partition coefficient (Wildman–Crippen LogP) is 4.45. The Bertz CT molecular complexity index is 1470. The quantitative estimate of drug-likeness (QED) is 0.330. The van der Waals surface area contributed by atoms with Gasteiger partial charge in [0.25, 0.3) is 17.4 Å². The van der Waals surface area contributed by atoms with Crippen molar-refractivity contribution >= 4 is 40.0 Å². The number of nitrogens with one attached hydrogen (secondary N) is 1. The molecule has 0 aliphatic rings. The molecule has 0 aliphatic carbocycles. The van der Waals surface area contributed by atoms with E-state index in [1.807, 2.05) is 37.3 Å². The first-order valence-corrected chi connectivity index (χ1v) is 12.3. The van der Waals surface area contributed by atoms with Gasteiger partial charge in [-0.05, 0) is 49.7 Å². The highest BCUT2D eigenvalue weighted by molar-refractivity contribution is 6.36. The van der Waals surface area contributed by atoms with Crippen LogP contribution in [0.3, 0.4) is 0 Å². The van der Waals surface area contributed by atoms with Crippen molar-refractivity contribution < 1.29 is 14.3 Å². The first kappa shape index (κ1) is 25.9. The number of aromatic nitrogens is 2. The molecule has 2 amide bonds. The van der Waals surface area contributed by atoms with E-state index in [0.717, 1.165) is 0 Å². The summed E-state index contributed by atoms with van der Waals surface area (Å²) >= 11 is 6.56. The fourth-order valence-electron chi connectivity index (χ4n) is 4.08. The smallest absolute Gasteiger partial charge is 0.267 e. The number of halogens is 1. The molecule has 0 atom stereocenters. The van der Waals surface area contributed by atoms with E-state index in [4.69, 9.17) is 16.3 Å². The summed E-state index contributed by atoms with van der Waals surface area (Å²) in [5.74, 6) is -0.579. The Kier molecular flexibility index (Phi) is 8.20. The van der Waals surface area contributed by atoms with Crippen molar-refractivity contribution in [1.29, 1.82) is 0 Å². The molecule has 8 nitrogen and oxygen atoms in total. The Morgan fingerprint density at radius 2 is 1.86 bits per heavy atom. The average Bonchev–Trinajstić information content (AvgIpc) is 2.92. The van der Waals surface area contributed by atoms with Crippen molar-refractivity contribution in [2.45, 2.75) is 13.3 Å². The van der Waals surface area contributed by atoms with E-state index < -0.39 is 11.5 Å². The van der Waals surface area contributed by atoms with Crippen LogP contribution in [0.2, 0.25) is 5.02 Å². The van der Waals surface area contributed by atoms with Crippen LogP contribution in [0, 0.1) is 0 Å². The van der Waals surface area contributed by atoms with Gasteiger partial charge < -0.3 is 19.5 Å². The monoisotopic (exact) mass is 518 g/mol. The molecule has 0 saturated carbocycles. The lowest BCUT2D eigenvalue weighted by atomic mass is 10.1. The van der Waals surface area contributed by atoms with Gasteiger partial charge in [-0.25, -0.2) is 0 Å². The Balaban J connectivity index is 1.64. The highest BCUT2D eigenvalue weighted by Crippen LogP contribution is 2.34. The number of hydrogen-bond acceptors (Lipinski definition) is 5. The summed E-state index contributed by atoms with van der Waals surface area (Å²) in [6, 6.07) is 17.7. The van der Waals surface area contributed by atoms with E-state index in [1.54, 1.807) is 43.6 Å². The molecule has 1 N–H and O–H groups in total. The van der Waals surface area contributed by atoms with Crippen LogP contribution in [0.25, 0.3) is 10.9 Å². The number of amides is 2. The number of ether oxygens (including phenoxy) is 1. The van der Waals surface area contributed by atoms with E-state index >= 15 is 0 Å². The molecule has 190 valence electrons. The van der Waals surface area contributed by atoms with Crippen molar-refractivity contribution in [3.8, 4) is 5.75 Å². The molecule has 2 heterocycles. The number of anilines is 1. The van der Waals surface area contributed by atoms with Crippen molar-refractivity contribution in [3.63, 3.8) is 0 Å². The third kappa shape index (κ3) is 5.49. The fourth-order valence-corrected chi connectivity index (χ4v) is 4.34. The molecule has 0 fully saturated rings. The lowest BCUT2D eigenvalue weighted by Crippen LogP contribution is -2.37. The van der Waals surface area contributed by atoms with Gasteiger partial charge in [0.05, 0.1) is 28.1 Å². The Morgan fingerprint density at radius 1 is 1.08 bits per heavy atom. The topological polar surface area (TPSA) is 93.5 Å². The normalized spacial score (nSPS) is 10.8. The van der Waals surface area contributed by atoms with E-state index in [0.29, 0.717) is 46.7 Å². The summed E-state index contributed by atoms with van der Waals surface area (Å²) in [4.78, 5) is 45.0. The number of benzene rings is 2. The summed E-state index contributed by atoms with van der Waals surface area (Å²) in [7, 11) is 1.61. The molecule has 0 saturated heterocycles. The highest BCUT2D eigenvalue weighted by Gasteiger charge is 2.28. The van der Waals surface area contributed by atoms with Crippen LogP contribution in [0.5, 0.6) is 5.75 Å². The second kappa shape index (κ2) is 11.7. The number of rotatable bonds is 9. The number of pyridine rings is 2. The number of carbonyl (C=O) groups is 2. The number of para-hydroxylation sites is 1. The van der Waals surface area contributed by atoms with E-state index in [2.05, 4.69) is 10.3 Å². The Hall–Kier alpha value is -4.17. The second-order valence-electron chi connectivity index (χ2n) is 8.29. The van der Waals surface area contributed by atoms with Crippen LogP contribution in [-0.2, 0) is 7.05 Å². The number of aryl methyl sites for hydroxylation is 1. The summed E-state index contributed by atoms with van der Waals surface area (Å²) < 4.78 is 7.51. The van der Waals surface area contributed by atoms with E-state index in [9.17, 15) is 14.4 Å². The molecule has 2 aromatic carbocycles. The number of nitrogens with zero attached hydrogens (tertiary/aromatic N) is 3. The maximum atomic E-state index is 13.8. The molecule has 9 heteroatoms. The Labute approximate surface area is 219 Å². The molecule has 4 aromatic rings. The molecule has 2 aromatic heterocycles. The van der Waals surface area contributed by atoms with Crippen molar-refractivity contribution in [2.24, 2.45) is 7.05 Å². The summed E-state index contributed by atoms with van der Waals surface area (Å²) in [5, 5.41) is 3.66. The number of fused-ring (bicyclic) bond motifs is 1. The van der Waals surface area contributed by atoms with Gasteiger partial charge >= 0.3 is 0 Å². The van der Waals surface area contributed by atoms with E-state index in [-0.39, 0.29) is 23.8 Å². The van der Waals surface area contributed by atoms with Gasteiger partial charge in [-0.15, -0.1) is 0 Å². The van der Waals surface area contributed by atoms with Crippen molar-refractivity contribution in [3.05, 3.63) is 99.6 Å². The van der Waals surface area contributed by atoms with Crippen LogP contribution in [0.15, 0.2) is 77.9 Å². The van der Waals surface area contributed by atoms with Crippen LogP contribution in [0.4, 0.5) is 5.69 Å². The maximum absolute atomic E-state index is 13.8. The van der Waals surface area contributed by atoms with E-state index in [1.165, 1.54) is 15.7 Å². The summed E-state index contributed by atoms with van der Waals surface area (Å²) in [5.41, 5.74) is 1.11. The Morgan fingerprint density at radius 3 is 2.57 bits per heavy atom. The maximum Gasteiger partial charge on any atom is 0.267 e. The molecule has 0 radical (unpaired) electrons. The van der Waals surface area contributed by atoms with Gasteiger partial charge in [0.1, 0.15) is 11.3 Å². The number of carbonyl (C=O) groups excluding carboxylic acids is 2. The number of hydrogen-bond donors (Lipinski definition) is 1. The largest absolute Gasteiger partial charge is 0.492 e. The van der Waals surface area contributed by atoms with Crippen molar-refractivity contribution in [1.82, 2.24) is 14.9 Å². The molecular formula is C28H27ClN4O4. The minimum atomic E-state index is -0.478. The molecule has 0 unspecified atom stereocenters. The zero-order chi connectivity index (χ0) is 26.4. The summed E-state index contributed by atoms with van der Waals surface area (Å²) in [6.45, 7) is 2.68. The minimum Gasteiger partial charge on any atom is -0.492 e. The minimum absolute atomic E-state index is 0.0896. The predicted molar refractivity (Wildman–Crippen MR) is 145 cm³/mol. The van der Waals surface area contributed by atoms with Gasteiger partial charge in [-0.3, -0.25) is 19.4 Å². The standard InChI is InChI=1S/C28H27ClN4O4/c1-3-33(20-11-5-4-6-12-20)28(36)24-25(23-21(29)13-7-14-22(23)32(2)27(24)35)37-17-9-16-31-26(34)19-10-8-15-30-18-19/h4-8,10-15,18H,3,9,16-17H2,1-2H3,(H,31,34). The molecule has 0 bridgehead atoms. The molecule has 0 aliphatic heterocycles.